The number of sulfonamides is 1. The topological polar surface area (TPSA) is 114 Å². The van der Waals surface area contributed by atoms with E-state index in [0.717, 1.165) is 5.56 Å². The summed E-state index contributed by atoms with van der Waals surface area (Å²) in [4.78, 5) is 15.7. The highest BCUT2D eigenvalue weighted by atomic mass is 35.5. The van der Waals surface area contributed by atoms with Gasteiger partial charge >= 0.3 is 0 Å². The lowest BCUT2D eigenvalue weighted by Crippen LogP contribution is -2.32. The van der Waals surface area contributed by atoms with E-state index in [2.05, 4.69) is 9.71 Å². The molecule has 4 N–H and O–H groups in total. The number of rotatable bonds is 4. The number of nitrogens with two attached hydrogens (primary N) is 1. The fourth-order valence-corrected chi connectivity index (χ4v) is 3.31. The predicted octanol–water partition coefficient (Wildman–Crippen LogP) is 2.44. The molecule has 0 fully saturated rings. The number of carbonyl (C=O) groups excluding carboxylic acids is 1. The number of aromatic nitrogens is 1. The van der Waals surface area contributed by atoms with Crippen molar-refractivity contribution in [2.45, 2.75) is 31.1 Å². The molecule has 7 nitrogen and oxygen atoms in total. The zero-order chi connectivity index (χ0) is 18.8. The second kappa shape index (κ2) is 6.99. The van der Waals surface area contributed by atoms with Crippen molar-refractivity contribution in [3.63, 3.8) is 0 Å². The molecule has 1 heterocycles. The number of nitrogen functional groups attached to an aromatic ring is 1. The molecule has 25 heavy (non-hydrogen) atoms. The first-order valence-corrected chi connectivity index (χ1v) is 9.21. The number of pyridine rings is 1. The maximum Gasteiger partial charge on any atom is 0.286 e. The smallest absolute Gasteiger partial charge is 0.286 e. The summed E-state index contributed by atoms with van der Waals surface area (Å²) in [5, 5.41) is 0.0380. The van der Waals surface area contributed by atoms with Gasteiger partial charge in [-0.3, -0.25) is 14.9 Å². The number of hydrogen-bond donors (Lipinski definition) is 3. The third-order valence-corrected chi connectivity index (χ3v) is 5.07. The third-order valence-electron chi connectivity index (χ3n) is 3.48. The average molecular weight is 383 g/mol. The maximum absolute atomic E-state index is 12.6. The standard InChI is InChI=1S/C16H19ClN4O3S/c1-16(2,3)10-4-6-11(7-5-10)25(23,24)21-12-8-9-13(17)19-14(12)15(22)20-18/h4-9,21H,18H2,1-3H3,(H,20,22). The van der Waals surface area contributed by atoms with Crippen LogP contribution in [0.15, 0.2) is 41.3 Å². The SMILES string of the molecule is CC(C)(C)c1ccc(S(=O)(=O)Nc2ccc(Cl)nc2C(=O)NN)cc1. The zero-order valence-corrected chi connectivity index (χ0v) is 15.6. The summed E-state index contributed by atoms with van der Waals surface area (Å²) in [6, 6.07) is 9.24. The molecule has 1 aromatic carbocycles. The molecule has 0 spiro atoms. The lowest BCUT2D eigenvalue weighted by Gasteiger charge is -2.19. The summed E-state index contributed by atoms with van der Waals surface area (Å²) in [5.41, 5.74) is 2.57. The van der Waals surface area contributed by atoms with Crippen LogP contribution in [0.2, 0.25) is 5.15 Å². The number of nitrogens with one attached hydrogen (secondary N) is 2. The molecule has 0 bridgehead atoms. The summed E-state index contributed by atoms with van der Waals surface area (Å²) in [6.45, 7) is 6.10. The molecule has 2 rings (SSSR count). The van der Waals surface area contributed by atoms with Gasteiger partial charge in [-0.15, -0.1) is 0 Å². The van der Waals surface area contributed by atoms with Crippen molar-refractivity contribution in [3.8, 4) is 0 Å². The summed E-state index contributed by atoms with van der Waals surface area (Å²) in [7, 11) is -3.91. The first kappa shape index (κ1) is 19.2. The van der Waals surface area contributed by atoms with Crippen LogP contribution in [0, 0.1) is 0 Å². The molecule has 0 atom stereocenters. The van der Waals surface area contributed by atoms with Gasteiger partial charge in [0.1, 0.15) is 5.15 Å². The van der Waals surface area contributed by atoms with Crippen LogP contribution in [0.5, 0.6) is 0 Å². The van der Waals surface area contributed by atoms with Crippen molar-refractivity contribution in [3.05, 3.63) is 52.8 Å². The van der Waals surface area contributed by atoms with Gasteiger partial charge in [0.25, 0.3) is 15.9 Å². The number of nitrogens with zero attached hydrogens (tertiary/aromatic N) is 1. The average Bonchev–Trinajstić information content (AvgIpc) is 2.55. The van der Waals surface area contributed by atoms with Gasteiger partial charge in [-0.2, -0.15) is 0 Å². The number of anilines is 1. The molecule has 0 unspecified atom stereocenters. The summed E-state index contributed by atoms with van der Waals surface area (Å²) in [5.74, 6) is 4.33. The summed E-state index contributed by atoms with van der Waals surface area (Å²) < 4.78 is 27.5. The Morgan fingerprint density at radius 1 is 1.12 bits per heavy atom. The van der Waals surface area contributed by atoms with Crippen molar-refractivity contribution in [2.24, 2.45) is 5.84 Å². The number of hydrazine groups is 1. The van der Waals surface area contributed by atoms with E-state index in [1.54, 1.807) is 12.1 Å². The van der Waals surface area contributed by atoms with Gasteiger partial charge in [0.2, 0.25) is 0 Å². The Bertz CT molecular complexity index is 891. The van der Waals surface area contributed by atoms with Crippen LogP contribution in [-0.4, -0.2) is 19.3 Å². The van der Waals surface area contributed by atoms with Crippen LogP contribution in [0.3, 0.4) is 0 Å². The van der Waals surface area contributed by atoms with Gasteiger partial charge in [0.05, 0.1) is 10.6 Å². The Labute approximate surface area is 151 Å². The largest absolute Gasteiger partial charge is 0.289 e. The molecule has 1 amide bonds. The Kier molecular flexibility index (Phi) is 5.36. The van der Waals surface area contributed by atoms with Gasteiger partial charge in [0.15, 0.2) is 5.69 Å². The van der Waals surface area contributed by atoms with Gasteiger partial charge in [0, 0.05) is 0 Å². The monoisotopic (exact) mass is 382 g/mol. The second-order valence-electron chi connectivity index (χ2n) is 6.38. The van der Waals surface area contributed by atoms with Crippen molar-refractivity contribution in [1.29, 1.82) is 0 Å². The van der Waals surface area contributed by atoms with E-state index in [-0.39, 0.29) is 26.8 Å². The molecular formula is C16H19ClN4O3S. The highest BCUT2D eigenvalue weighted by Gasteiger charge is 2.21. The van der Waals surface area contributed by atoms with E-state index in [0.29, 0.717) is 0 Å². The first-order valence-electron chi connectivity index (χ1n) is 7.35. The minimum absolute atomic E-state index is 0.0211. The number of halogens is 1. The fraction of sp³-hybridized carbons (Fsp3) is 0.250. The minimum Gasteiger partial charge on any atom is -0.289 e. The van der Waals surface area contributed by atoms with Gasteiger partial charge in [-0.05, 0) is 35.2 Å². The van der Waals surface area contributed by atoms with Gasteiger partial charge in [-0.1, -0.05) is 44.5 Å². The van der Waals surface area contributed by atoms with Crippen molar-refractivity contribution >= 4 is 33.2 Å². The Morgan fingerprint density at radius 3 is 2.24 bits per heavy atom. The lowest BCUT2D eigenvalue weighted by molar-refractivity contribution is 0.0949. The van der Waals surface area contributed by atoms with Crippen LogP contribution in [0.25, 0.3) is 0 Å². The second-order valence-corrected chi connectivity index (χ2v) is 8.45. The Morgan fingerprint density at radius 2 is 1.72 bits per heavy atom. The van der Waals surface area contributed by atoms with Crippen LogP contribution in [0.1, 0.15) is 36.8 Å². The van der Waals surface area contributed by atoms with Gasteiger partial charge in [-0.25, -0.2) is 19.2 Å². The van der Waals surface area contributed by atoms with E-state index in [4.69, 9.17) is 17.4 Å². The molecule has 0 aliphatic heterocycles. The molecule has 9 heteroatoms. The highest BCUT2D eigenvalue weighted by Crippen LogP contribution is 2.25. The molecule has 2 aromatic rings. The first-order chi connectivity index (χ1) is 11.5. The zero-order valence-electron chi connectivity index (χ0n) is 14.0. The Balaban J connectivity index is 2.38. The minimum atomic E-state index is -3.91. The molecule has 0 saturated carbocycles. The van der Waals surface area contributed by atoms with Crippen molar-refractivity contribution in [1.82, 2.24) is 10.4 Å². The number of benzene rings is 1. The van der Waals surface area contributed by atoms with Crippen LogP contribution < -0.4 is 16.0 Å². The van der Waals surface area contributed by atoms with Crippen molar-refractivity contribution in [2.75, 3.05) is 4.72 Å². The lowest BCUT2D eigenvalue weighted by atomic mass is 9.87. The molecular weight excluding hydrogens is 364 g/mol. The number of amides is 1. The normalized spacial score (nSPS) is 11.9. The van der Waals surface area contributed by atoms with E-state index < -0.39 is 15.9 Å². The van der Waals surface area contributed by atoms with E-state index in [1.807, 2.05) is 26.2 Å². The maximum atomic E-state index is 12.6. The van der Waals surface area contributed by atoms with Crippen LogP contribution >= 0.6 is 11.6 Å². The van der Waals surface area contributed by atoms with Gasteiger partial charge < -0.3 is 0 Å². The van der Waals surface area contributed by atoms with E-state index >= 15 is 0 Å². The van der Waals surface area contributed by atoms with Crippen molar-refractivity contribution < 1.29 is 13.2 Å². The molecule has 0 radical (unpaired) electrons. The fourth-order valence-electron chi connectivity index (χ4n) is 2.10. The third kappa shape index (κ3) is 4.47. The molecule has 0 aliphatic carbocycles. The predicted molar refractivity (Wildman–Crippen MR) is 96.9 cm³/mol. The van der Waals surface area contributed by atoms with Crippen LogP contribution in [-0.2, 0) is 15.4 Å². The number of carbonyl (C=O) groups is 1. The molecule has 134 valence electrons. The molecule has 0 saturated heterocycles. The summed E-state index contributed by atoms with van der Waals surface area (Å²) >= 11 is 5.76. The van der Waals surface area contributed by atoms with Crippen LogP contribution in [0.4, 0.5) is 5.69 Å². The number of hydrogen-bond acceptors (Lipinski definition) is 5. The quantitative estimate of drug-likeness (QED) is 0.325. The van der Waals surface area contributed by atoms with E-state index in [1.165, 1.54) is 24.3 Å². The molecule has 1 aromatic heterocycles. The summed E-state index contributed by atoms with van der Waals surface area (Å²) in [6.07, 6.45) is 0. The molecule has 0 aliphatic rings. The van der Waals surface area contributed by atoms with E-state index in [9.17, 15) is 13.2 Å². The highest BCUT2D eigenvalue weighted by molar-refractivity contribution is 7.92. The Hall–Kier alpha value is -2.16.